The van der Waals surface area contributed by atoms with Crippen LogP contribution in [0.1, 0.15) is 42.9 Å². The van der Waals surface area contributed by atoms with E-state index in [1.165, 1.54) is 24.0 Å². The number of nitrogens with zero attached hydrogens (tertiary/aromatic N) is 2. The van der Waals surface area contributed by atoms with E-state index in [-0.39, 0.29) is 18.7 Å². The molecule has 0 saturated carbocycles. The monoisotopic (exact) mass is 450 g/mol. The molecule has 2 aromatic carbocycles. The van der Waals surface area contributed by atoms with Crippen molar-refractivity contribution in [3.05, 3.63) is 53.1 Å². The number of fused-ring (bicyclic) bond motifs is 2. The molecule has 6 nitrogen and oxygen atoms in total. The lowest BCUT2D eigenvalue weighted by molar-refractivity contribution is -0.134. The molecule has 176 valence electrons. The lowest BCUT2D eigenvalue weighted by Gasteiger charge is -2.43. The van der Waals surface area contributed by atoms with Crippen molar-refractivity contribution in [3.63, 3.8) is 0 Å². The molecule has 1 amide bonds. The number of hydrogen-bond donors (Lipinski definition) is 0. The molecule has 3 heterocycles. The minimum atomic E-state index is 0.197. The maximum absolute atomic E-state index is 13.3. The number of benzene rings is 2. The lowest BCUT2D eigenvalue weighted by Crippen LogP contribution is -2.54. The van der Waals surface area contributed by atoms with E-state index in [2.05, 4.69) is 34.9 Å². The molecule has 0 N–H and O–H groups in total. The molecule has 6 heteroatoms. The molecule has 3 aliphatic heterocycles. The van der Waals surface area contributed by atoms with Gasteiger partial charge in [0.1, 0.15) is 5.75 Å². The van der Waals surface area contributed by atoms with Gasteiger partial charge in [-0.3, -0.25) is 9.69 Å². The van der Waals surface area contributed by atoms with Crippen LogP contribution < -0.4 is 14.2 Å². The highest BCUT2D eigenvalue weighted by Gasteiger charge is 2.34. The molecule has 0 spiro atoms. The fourth-order valence-corrected chi connectivity index (χ4v) is 5.60. The Bertz CT molecular complexity index is 990. The molecule has 0 aromatic heterocycles. The highest BCUT2D eigenvalue weighted by Crippen LogP contribution is 2.36. The zero-order valence-electron chi connectivity index (χ0n) is 19.7. The molecular weight excluding hydrogens is 416 g/mol. The summed E-state index contributed by atoms with van der Waals surface area (Å²) in [5.41, 5.74) is 3.62. The van der Waals surface area contributed by atoms with Crippen LogP contribution in [-0.4, -0.2) is 61.3 Å². The van der Waals surface area contributed by atoms with Crippen molar-refractivity contribution in [2.75, 3.05) is 33.5 Å². The van der Waals surface area contributed by atoms with Gasteiger partial charge in [-0.15, -0.1) is 0 Å². The fraction of sp³-hybridized carbons (Fsp3) is 0.519. The smallest absolute Gasteiger partial charge is 0.231 e. The Hall–Kier alpha value is -2.73. The number of ether oxygens (including phenoxy) is 3. The second-order valence-electron chi connectivity index (χ2n) is 9.43. The second kappa shape index (κ2) is 9.64. The highest BCUT2D eigenvalue weighted by molar-refractivity contribution is 5.80. The maximum Gasteiger partial charge on any atom is 0.231 e. The van der Waals surface area contributed by atoms with E-state index in [0.29, 0.717) is 12.5 Å². The van der Waals surface area contributed by atoms with E-state index in [0.717, 1.165) is 61.7 Å². The Labute approximate surface area is 196 Å². The summed E-state index contributed by atoms with van der Waals surface area (Å²) in [5, 5.41) is 0. The van der Waals surface area contributed by atoms with Crippen LogP contribution in [0.4, 0.5) is 0 Å². The first-order chi connectivity index (χ1) is 16.1. The summed E-state index contributed by atoms with van der Waals surface area (Å²) in [5.74, 6) is 2.69. The van der Waals surface area contributed by atoms with Crippen LogP contribution in [0, 0.1) is 0 Å². The molecule has 5 rings (SSSR count). The van der Waals surface area contributed by atoms with E-state index in [9.17, 15) is 4.79 Å². The van der Waals surface area contributed by atoms with Crippen molar-refractivity contribution in [3.8, 4) is 17.2 Å². The van der Waals surface area contributed by atoms with Gasteiger partial charge in [-0.1, -0.05) is 18.6 Å². The molecule has 2 unspecified atom stereocenters. The van der Waals surface area contributed by atoms with Gasteiger partial charge in [0.25, 0.3) is 0 Å². The van der Waals surface area contributed by atoms with Crippen LogP contribution in [0.25, 0.3) is 0 Å². The van der Waals surface area contributed by atoms with Crippen molar-refractivity contribution in [1.82, 2.24) is 9.80 Å². The number of likely N-dealkylation sites (tertiary alicyclic amines) is 1. The van der Waals surface area contributed by atoms with Crippen LogP contribution in [0.2, 0.25) is 0 Å². The number of amides is 1. The third kappa shape index (κ3) is 4.67. The summed E-state index contributed by atoms with van der Waals surface area (Å²) < 4.78 is 16.4. The number of carbonyl (C=O) groups is 1. The average molecular weight is 451 g/mol. The first kappa shape index (κ1) is 22.1. The van der Waals surface area contributed by atoms with Crippen molar-refractivity contribution in [2.24, 2.45) is 0 Å². The number of methoxy groups -OCH3 is 1. The maximum atomic E-state index is 13.3. The third-order valence-electron chi connectivity index (χ3n) is 7.54. The van der Waals surface area contributed by atoms with Crippen LogP contribution in [-0.2, 0) is 24.1 Å². The zero-order chi connectivity index (χ0) is 22.8. The van der Waals surface area contributed by atoms with E-state index >= 15 is 0 Å². The van der Waals surface area contributed by atoms with Crippen LogP contribution in [0.15, 0.2) is 36.4 Å². The lowest BCUT2D eigenvalue weighted by atomic mass is 9.94. The number of piperidine rings is 1. The van der Waals surface area contributed by atoms with Gasteiger partial charge in [0.05, 0.1) is 13.5 Å². The van der Waals surface area contributed by atoms with E-state index in [4.69, 9.17) is 14.2 Å². The van der Waals surface area contributed by atoms with Gasteiger partial charge in [-0.2, -0.15) is 0 Å². The second-order valence-corrected chi connectivity index (χ2v) is 9.43. The van der Waals surface area contributed by atoms with E-state index in [1.54, 1.807) is 7.11 Å². The van der Waals surface area contributed by atoms with E-state index in [1.807, 2.05) is 18.2 Å². The van der Waals surface area contributed by atoms with Crippen molar-refractivity contribution in [2.45, 2.75) is 57.5 Å². The standard InChI is InChI=1S/C27H34N2O4/c1-19(24-5-3-4-12-28(24)13-10-20-6-8-23(31-2)9-7-20)29-14-11-21-15-25-26(33-18-32-25)16-22(21)17-27(29)30/h6-9,15-16,19,24H,3-5,10-14,17-18H2,1-2H3. The van der Waals surface area contributed by atoms with Gasteiger partial charge in [0.15, 0.2) is 11.5 Å². The highest BCUT2D eigenvalue weighted by atomic mass is 16.7. The summed E-state index contributed by atoms with van der Waals surface area (Å²) in [4.78, 5) is 18.1. The minimum absolute atomic E-state index is 0.197. The summed E-state index contributed by atoms with van der Waals surface area (Å²) in [6.07, 6.45) is 5.93. The van der Waals surface area contributed by atoms with Crippen molar-refractivity contribution >= 4 is 5.91 Å². The Morgan fingerprint density at radius 3 is 2.58 bits per heavy atom. The summed E-state index contributed by atoms with van der Waals surface area (Å²) >= 11 is 0. The molecule has 0 bridgehead atoms. The average Bonchev–Trinajstić information content (AvgIpc) is 3.23. The van der Waals surface area contributed by atoms with Crippen LogP contribution in [0.3, 0.4) is 0 Å². The fourth-order valence-electron chi connectivity index (χ4n) is 5.60. The van der Waals surface area contributed by atoms with Gasteiger partial charge in [0, 0.05) is 25.2 Å². The first-order valence-electron chi connectivity index (χ1n) is 12.2. The van der Waals surface area contributed by atoms with Crippen LogP contribution in [0.5, 0.6) is 17.2 Å². The van der Waals surface area contributed by atoms with Gasteiger partial charge < -0.3 is 19.1 Å². The van der Waals surface area contributed by atoms with E-state index < -0.39 is 0 Å². The van der Waals surface area contributed by atoms with Gasteiger partial charge in [-0.05, 0) is 80.1 Å². The Morgan fingerprint density at radius 2 is 1.82 bits per heavy atom. The SMILES string of the molecule is COc1ccc(CCN2CCCCC2C(C)N2CCc3cc4c(cc3CC2=O)OCO4)cc1. The third-order valence-corrected chi connectivity index (χ3v) is 7.54. The van der Waals surface area contributed by atoms with Crippen LogP contribution >= 0.6 is 0 Å². The molecule has 3 aliphatic rings. The molecule has 0 radical (unpaired) electrons. The molecule has 1 saturated heterocycles. The van der Waals surface area contributed by atoms with Gasteiger partial charge in [0.2, 0.25) is 12.7 Å². The zero-order valence-corrected chi connectivity index (χ0v) is 19.7. The number of hydrogen-bond acceptors (Lipinski definition) is 5. The minimum Gasteiger partial charge on any atom is -0.497 e. The number of carbonyl (C=O) groups excluding carboxylic acids is 1. The predicted octanol–water partition coefficient (Wildman–Crippen LogP) is 3.84. The Kier molecular flexibility index (Phi) is 6.45. The Balaban J connectivity index is 1.26. The first-order valence-corrected chi connectivity index (χ1v) is 12.2. The molecule has 2 aromatic rings. The normalized spacial score (nSPS) is 21.5. The molecule has 1 fully saturated rings. The number of rotatable bonds is 6. The largest absolute Gasteiger partial charge is 0.497 e. The van der Waals surface area contributed by atoms with Crippen molar-refractivity contribution < 1.29 is 19.0 Å². The van der Waals surface area contributed by atoms with Gasteiger partial charge in [-0.25, -0.2) is 0 Å². The Morgan fingerprint density at radius 1 is 1.06 bits per heavy atom. The summed E-state index contributed by atoms with van der Waals surface area (Å²) in [6, 6.07) is 13.0. The summed E-state index contributed by atoms with van der Waals surface area (Å²) in [7, 11) is 1.70. The quantitative estimate of drug-likeness (QED) is 0.669. The van der Waals surface area contributed by atoms with Crippen molar-refractivity contribution in [1.29, 1.82) is 0 Å². The molecule has 33 heavy (non-hydrogen) atoms. The molecular formula is C27H34N2O4. The molecule has 2 atom stereocenters. The summed E-state index contributed by atoms with van der Waals surface area (Å²) in [6.45, 7) is 5.40. The van der Waals surface area contributed by atoms with Gasteiger partial charge >= 0.3 is 0 Å². The predicted molar refractivity (Wildman–Crippen MR) is 127 cm³/mol. The topological polar surface area (TPSA) is 51.2 Å². The molecule has 0 aliphatic carbocycles.